The quantitative estimate of drug-likeness (QED) is 0.789. The molecule has 0 radical (unpaired) electrons. The second-order valence-corrected chi connectivity index (χ2v) is 4.18. The number of ether oxygens (including phenoxy) is 2. The van der Waals surface area contributed by atoms with Crippen LogP contribution in [0.1, 0.15) is 18.1 Å². The second-order valence-electron chi connectivity index (χ2n) is 4.18. The molecule has 94 valence electrons. The molecule has 0 spiro atoms. The zero-order valence-electron chi connectivity index (χ0n) is 10.8. The maximum absolute atomic E-state index is 5.74. The molecule has 0 saturated heterocycles. The van der Waals surface area contributed by atoms with Gasteiger partial charge in [0.2, 0.25) is 0 Å². The van der Waals surface area contributed by atoms with Crippen LogP contribution in [-0.4, -0.2) is 6.61 Å². The highest BCUT2D eigenvalue weighted by Gasteiger charge is 1.98. The summed E-state index contributed by atoms with van der Waals surface area (Å²) in [6.45, 7) is 5.30. The Balaban J connectivity index is 1.97. The van der Waals surface area contributed by atoms with E-state index in [1.807, 2.05) is 31.2 Å². The molecular weight excluding hydrogens is 224 g/mol. The average molecular weight is 242 g/mol. The first-order chi connectivity index (χ1) is 8.78. The molecule has 2 nitrogen and oxygen atoms in total. The predicted molar refractivity (Wildman–Crippen MR) is 73.1 cm³/mol. The summed E-state index contributed by atoms with van der Waals surface area (Å²) in [6.07, 6.45) is 0. The van der Waals surface area contributed by atoms with Crippen LogP contribution in [0.4, 0.5) is 0 Å². The van der Waals surface area contributed by atoms with Gasteiger partial charge < -0.3 is 9.47 Å². The van der Waals surface area contributed by atoms with Crippen molar-refractivity contribution >= 4 is 0 Å². The SMILES string of the molecule is CCOc1cccc(OCc2ccc(C)cc2)c1. The molecule has 0 N–H and O–H groups in total. The fourth-order valence-corrected chi connectivity index (χ4v) is 1.67. The molecule has 2 aromatic rings. The zero-order chi connectivity index (χ0) is 12.8. The fraction of sp³-hybridized carbons (Fsp3) is 0.250. The van der Waals surface area contributed by atoms with Gasteiger partial charge in [-0.3, -0.25) is 0 Å². The largest absolute Gasteiger partial charge is 0.494 e. The third-order valence-corrected chi connectivity index (χ3v) is 2.64. The van der Waals surface area contributed by atoms with Gasteiger partial charge in [-0.1, -0.05) is 35.9 Å². The van der Waals surface area contributed by atoms with Crippen LogP contribution in [0, 0.1) is 6.92 Å². The van der Waals surface area contributed by atoms with E-state index in [-0.39, 0.29) is 0 Å². The second kappa shape index (κ2) is 6.10. The molecule has 2 aromatic carbocycles. The summed E-state index contributed by atoms with van der Waals surface area (Å²) in [6, 6.07) is 16.1. The number of hydrogen-bond donors (Lipinski definition) is 0. The van der Waals surface area contributed by atoms with Crippen molar-refractivity contribution in [3.05, 3.63) is 59.7 Å². The first kappa shape index (κ1) is 12.5. The van der Waals surface area contributed by atoms with E-state index in [0.29, 0.717) is 13.2 Å². The maximum Gasteiger partial charge on any atom is 0.123 e. The van der Waals surface area contributed by atoms with Gasteiger partial charge in [0.05, 0.1) is 6.61 Å². The van der Waals surface area contributed by atoms with Crippen LogP contribution >= 0.6 is 0 Å². The molecule has 2 heteroatoms. The van der Waals surface area contributed by atoms with Gasteiger partial charge in [0, 0.05) is 6.07 Å². The molecule has 0 unspecified atom stereocenters. The van der Waals surface area contributed by atoms with Crippen LogP contribution < -0.4 is 9.47 Å². The number of benzene rings is 2. The van der Waals surface area contributed by atoms with Crippen molar-refractivity contribution in [1.29, 1.82) is 0 Å². The van der Waals surface area contributed by atoms with Crippen molar-refractivity contribution in [3.63, 3.8) is 0 Å². The Morgan fingerprint density at radius 1 is 0.889 bits per heavy atom. The van der Waals surface area contributed by atoms with Crippen molar-refractivity contribution in [2.45, 2.75) is 20.5 Å². The summed E-state index contributed by atoms with van der Waals surface area (Å²) in [5, 5.41) is 0. The lowest BCUT2D eigenvalue weighted by Gasteiger charge is -2.08. The highest BCUT2D eigenvalue weighted by Crippen LogP contribution is 2.20. The number of rotatable bonds is 5. The minimum Gasteiger partial charge on any atom is -0.494 e. The molecule has 0 aromatic heterocycles. The van der Waals surface area contributed by atoms with Gasteiger partial charge >= 0.3 is 0 Å². The summed E-state index contributed by atoms with van der Waals surface area (Å²) >= 11 is 0. The third kappa shape index (κ3) is 3.52. The Kier molecular flexibility index (Phi) is 4.24. The summed E-state index contributed by atoms with van der Waals surface area (Å²) in [5.41, 5.74) is 2.43. The highest BCUT2D eigenvalue weighted by atomic mass is 16.5. The van der Waals surface area contributed by atoms with Crippen LogP contribution in [-0.2, 0) is 6.61 Å². The lowest BCUT2D eigenvalue weighted by atomic mass is 10.2. The van der Waals surface area contributed by atoms with E-state index in [2.05, 4.69) is 31.2 Å². The lowest BCUT2D eigenvalue weighted by Crippen LogP contribution is -1.96. The maximum atomic E-state index is 5.74. The van der Waals surface area contributed by atoms with Gasteiger partial charge in [-0.2, -0.15) is 0 Å². The summed E-state index contributed by atoms with van der Waals surface area (Å²) in [7, 11) is 0. The normalized spacial score (nSPS) is 10.1. The van der Waals surface area contributed by atoms with Gasteiger partial charge in [0.1, 0.15) is 18.1 Å². The van der Waals surface area contributed by atoms with E-state index in [1.54, 1.807) is 0 Å². The first-order valence-electron chi connectivity index (χ1n) is 6.19. The predicted octanol–water partition coefficient (Wildman–Crippen LogP) is 3.97. The smallest absolute Gasteiger partial charge is 0.123 e. The van der Waals surface area contributed by atoms with E-state index < -0.39 is 0 Å². The minimum atomic E-state index is 0.579. The van der Waals surface area contributed by atoms with E-state index in [4.69, 9.17) is 9.47 Å². The Morgan fingerprint density at radius 2 is 1.56 bits per heavy atom. The van der Waals surface area contributed by atoms with Crippen molar-refractivity contribution in [2.75, 3.05) is 6.61 Å². The van der Waals surface area contributed by atoms with Gasteiger partial charge in [0.15, 0.2) is 0 Å². The lowest BCUT2D eigenvalue weighted by molar-refractivity contribution is 0.299. The average Bonchev–Trinajstić information content (AvgIpc) is 2.39. The van der Waals surface area contributed by atoms with E-state index in [1.165, 1.54) is 11.1 Å². The molecule has 0 amide bonds. The van der Waals surface area contributed by atoms with E-state index >= 15 is 0 Å². The minimum absolute atomic E-state index is 0.579. The molecule has 0 aliphatic heterocycles. The van der Waals surface area contributed by atoms with Crippen molar-refractivity contribution in [3.8, 4) is 11.5 Å². The third-order valence-electron chi connectivity index (χ3n) is 2.64. The molecule has 18 heavy (non-hydrogen) atoms. The van der Waals surface area contributed by atoms with Gasteiger partial charge in [-0.05, 0) is 31.5 Å². The van der Waals surface area contributed by atoms with Crippen LogP contribution in [0.2, 0.25) is 0 Å². The molecule has 0 saturated carbocycles. The van der Waals surface area contributed by atoms with Crippen molar-refractivity contribution in [2.24, 2.45) is 0 Å². The summed E-state index contributed by atoms with van der Waals surface area (Å²) in [4.78, 5) is 0. The Bertz CT molecular complexity index is 489. The first-order valence-corrected chi connectivity index (χ1v) is 6.19. The molecule has 0 fully saturated rings. The highest BCUT2D eigenvalue weighted by molar-refractivity contribution is 5.33. The monoisotopic (exact) mass is 242 g/mol. The summed E-state index contributed by atoms with van der Waals surface area (Å²) < 4.78 is 11.2. The van der Waals surface area contributed by atoms with Crippen LogP contribution in [0.5, 0.6) is 11.5 Å². The molecule has 0 aliphatic rings. The van der Waals surface area contributed by atoms with Crippen molar-refractivity contribution < 1.29 is 9.47 Å². The molecule has 0 bridgehead atoms. The van der Waals surface area contributed by atoms with Crippen LogP contribution in [0.3, 0.4) is 0 Å². The molecule has 0 heterocycles. The van der Waals surface area contributed by atoms with Gasteiger partial charge in [-0.25, -0.2) is 0 Å². The van der Waals surface area contributed by atoms with Crippen LogP contribution in [0.25, 0.3) is 0 Å². The van der Waals surface area contributed by atoms with E-state index in [0.717, 1.165) is 11.5 Å². The standard InChI is InChI=1S/C16H18O2/c1-3-17-15-5-4-6-16(11-15)18-12-14-9-7-13(2)8-10-14/h4-11H,3,12H2,1-2H3. The molecule has 0 aliphatic carbocycles. The topological polar surface area (TPSA) is 18.5 Å². The van der Waals surface area contributed by atoms with Crippen LogP contribution in [0.15, 0.2) is 48.5 Å². The van der Waals surface area contributed by atoms with E-state index in [9.17, 15) is 0 Å². The Morgan fingerprint density at radius 3 is 2.22 bits per heavy atom. The Hall–Kier alpha value is -1.96. The number of hydrogen-bond acceptors (Lipinski definition) is 2. The van der Waals surface area contributed by atoms with Crippen molar-refractivity contribution in [1.82, 2.24) is 0 Å². The van der Waals surface area contributed by atoms with Gasteiger partial charge in [-0.15, -0.1) is 0 Å². The Labute approximate surface area is 108 Å². The zero-order valence-corrected chi connectivity index (χ0v) is 10.8. The number of aryl methyl sites for hydroxylation is 1. The molecule has 0 atom stereocenters. The summed E-state index contributed by atoms with van der Waals surface area (Å²) in [5.74, 6) is 1.68. The fourth-order valence-electron chi connectivity index (χ4n) is 1.67. The molecule has 2 rings (SSSR count). The molecular formula is C16H18O2. The van der Waals surface area contributed by atoms with Gasteiger partial charge in [0.25, 0.3) is 0 Å².